The first-order valence-electron chi connectivity index (χ1n) is 10.5. The van der Waals surface area contributed by atoms with Crippen LogP contribution in [0.1, 0.15) is 63.1 Å². The molecular weight excluding hydrogens is 380 g/mol. The fourth-order valence-electron chi connectivity index (χ4n) is 3.53. The van der Waals surface area contributed by atoms with Gasteiger partial charge in [-0.1, -0.05) is 93.2 Å². The van der Waals surface area contributed by atoms with Crippen LogP contribution in [-0.2, 0) is 0 Å². The third-order valence-electron chi connectivity index (χ3n) is 5.04. The molecule has 3 rings (SSSR count). The van der Waals surface area contributed by atoms with E-state index < -0.39 is 0 Å². The minimum Gasteiger partial charge on any atom is -0.324 e. The summed E-state index contributed by atoms with van der Waals surface area (Å²) in [6.07, 6.45) is 31.8. The minimum atomic E-state index is 0.249. The van der Waals surface area contributed by atoms with Gasteiger partial charge in [-0.2, -0.15) is 9.97 Å². The monoisotopic (exact) mass is 408 g/mol. The summed E-state index contributed by atoms with van der Waals surface area (Å²) in [7, 11) is 0. The summed E-state index contributed by atoms with van der Waals surface area (Å²) in [4.78, 5) is 13.5. The first kappa shape index (κ1) is 21.3. The summed E-state index contributed by atoms with van der Waals surface area (Å²) in [5.74, 6) is 1.67. The number of hydrogen-bond donors (Lipinski definition) is 1. The van der Waals surface area contributed by atoms with Crippen LogP contribution in [0.2, 0.25) is 5.28 Å². The first-order chi connectivity index (χ1) is 14.3. The summed E-state index contributed by atoms with van der Waals surface area (Å²) in [6.45, 7) is 0. The number of allylic oxidation sites excluding steroid dienone is 11. The van der Waals surface area contributed by atoms with Gasteiger partial charge in [-0.15, -0.1) is 0 Å². The van der Waals surface area contributed by atoms with E-state index in [0.29, 0.717) is 11.9 Å². The van der Waals surface area contributed by atoms with E-state index in [1.807, 2.05) is 66.8 Å². The summed E-state index contributed by atoms with van der Waals surface area (Å²) in [5, 5.41) is 3.54. The second kappa shape index (κ2) is 12.2. The largest absolute Gasteiger partial charge is 0.324 e. The third kappa shape index (κ3) is 7.82. The highest BCUT2D eigenvalue weighted by Crippen LogP contribution is 2.29. The van der Waals surface area contributed by atoms with E-state index in [4.69, 9.17) is 16.6 Å². The lowest BCUT2D eigenvalue weighted by molar-refractivity contribution is 0.514. The van der Waals surface area contributed by atoms with Crippen LogP contribution in [0.25, 0.3) is 0 Å². The SMILES string of the molecule is Clc1nc(NC2=C/C=C\C=C/C=C\C=C/C=C\2)nc(C2CCCCCCCC2)n1. The van der Waals surface area contributed by atoms with Crippen molar-refractivity contribution in [3.63, 3.8) is 0 Å². The lowest BCUT2D eigenvalue weighted by Crippen LogP contribution is -2.10. The smallest absolute Gasteiger partial charge is 0.231 e. The Hall–Kier alpha value is -2.46. The zero-order chi connectivity index (χ0) is 20.2. The Morgan fingerprint density at radius 2 is 1.28 bits per heavy atom. The summed E-state index contributed by atoms with van der Waals surface area (Å²) in [6, 6.07) is 0. The number of hydrogen-bond acceptors (Lipinski definition) is 4. The molecule has 29 heavy (non-hydrogen) atoms. The van der Waals surface area contributed by atoms with Gasteiger partial charge in [0.15, 0.2) is 0 Å². The Morgan fingerprint density at radius 3 is 1.97 bits per heavy atom. The number of anilines is 1. The van der Waals surface area contributed by atoms with Gasteiger partial charge in [0.1, 0.15) is 5.82 Å². The van der Waals surface area contributed by atoms with Gasteiger partial charge < -0.3 is 5.32 Å². The van der Waals surface area contributed by atoms with Crippen LogP contribution in [0.15, 0.2) is 72.5 Å². The summed E-state index contributed by atoms with van der Waals surface area (Å²) in [5.41, 5.74) is 0.881. The predicted molar refractivity (Wildman–Crippen MR) is 122 cm³/mol. The maximum Gasteiger partial charge on any atom is 0.231 e. The van der Waals surface area contributed by atoms with Crippen LogP contribution in [0.4, 0.5) is 5.95 Å². The molecule has 1 aromatic rings. The van der Waals surface area contributed by atoms with Crippen molar-refractivity contribution in [2.45, 2.75) is 57.3 Å². The molecule has 1 fully saturated rings. The predicted octanol–water partition coefficient (Wildman–Crippen LogP) is 6.83. The zero-order valence-corrected chi connectivity index (χ0v) is 17.6. The van der Waals surface area contributed by atoms with Gasteiger partial charge in [-0.05, 0) is 36.6 Å². The molecule has 1 heterocycles. The van der Waals surface area contributed by atoms with Crippen LogP contribution in [0, 0.1) is 0 Å². The molecule has 2 aliphatic carbocycles. The van der Waals surface area contributed by atoms with E-state index in [9.17, 15) is 0 Å². The number of halogens is 1. The molecule has 0 aromatic carbocycles. The van der Waals surface area contributed by atoms with Crippen molar-refractivity contribution in [1.82, 2.24) is 15.0 Å². The molecule has 1 aromatic heterocycles. The topological polar surface area (TPSA) is 50.7 Å². The molecule has 0 bridgehead atoms. The van der Waals surface area contributed by atoms with Crippen LogP contribution < -0.4 is 5.32 Å². The molecule has 152 valence electrons. The molecule has 0 spiro atoms. The van der Waals surface area contributed by atoms with Gasteiger partial charge in [-0.25, -0.2) is 4.98 Å². The molecule has 0 atom stereocenters. The molecule has 4 nitrogen and oxygen atoms in total. The zero-order valence-electron chi connectivity index (χ0n) is 16.8. The van der Waals surface area contributed by atoms with E-state index >= 15 is 0 Å². The molecule has 0 amide bonds. The van der Waals surface area contributed by atoms with Crippen molar-refractivity contribution in [1.29, 1.82) is 0 Å². The van der Waals surface area contributed by atoms with E-state index in [0.717, 1.165) is 24.4 Å². The fourth-order valence-corrected chi connectivity index (χ4v) is 3.70. The Bertz CT molecular complexity index is 823. The normalized spacial score (nSPS) is 26.2. The average molecular weight is 409 g/mol. The summed E-state index contributed by atoms with van der Waals surface area (Å²) < 4.78 is 0. The Balaban J connectivity index is 1.78. The van der Waals surface area contributed by atoms with Gasteiger partial charge in [-0.3, -0.25) is 0 Å². The van der Waals surface area contributed by atoms with Crippen molar-refractivity contribution in [3.05, 3.63) is 83.6 Å². The number of nitrogens with one attached hydrogen (secondary N) is 1. The standard InChI is InChI=1S/C24H29ClN4/c25-23-27-22(20-16-12-8-6-7-9-13-17-20)28-24(29-23)26-21-18-14-10-4-2-1-3-5-11-15-19-21/h1-5,10-11,14-15,18-20H,6-9,12-13,16-17H2,(H,26,27,28,29)/b2-1-,3-1?,4-2?,5-3-,10-4-,11-5?,14-10?,15-11-,18-14-,19-15?,21-18?,21-19+. The van der Waals surface area contributed by atoms with Crippen molar-refractivity contribution in [2.75, 3.05) is 5.32 Å². The highest BCUT2D eigenvalue weighted by molar-refractivity contribution is 6.28. The molecule has 0 radical (unpaired) electrons. The Morgan fingerprint density at radius 1 is 0.690 bits per heavy atom. The molecule has 0 saturated heterocycles. The first-order valence-corrected chi connectivity index (χ1v) is 10.9. The van der Waals surface area contributed by atoms with Crippen molar-refractivity contribution < 1.29 is 0 Å². The lowest BCUT2D eigenvalue weighted by Gasteiger charge is -2.15. The lowest BCUT2D eigenvalue weighted by atomic mass is 9.96. The molecule has 2 aliphatic rings. The van der Waals surface area contributed by atoms with Crippen LogP contribution >= 0.6 is 11.6 Å². The van der Waals surface area contributed by atoms with E-state index in [1.165, 1.54) is 38.5 Å². The number of rotatable bonds is 3. The molecule has 0 aliphatic heterocycles. The molecule has 5 heteroatoms. The highest BCUT2D eigenvalue weighted by Gasteiger charge is 2.18. The van der Waals surface area contributed by atoms with E-state index in [1.54, 1.807) is 0 Å². The van der Waals surface area contributed by atoms with Crippen molar-refractivity contribution in [3.8, 4) is 0 Å². The molecule has 0 unspecified atom stereocenters. The second-order valence-corrected chi connectivity index (χ2v) is 7.67. The van der Waals surface area contributed by atoms with E-state index in [-0.39, 0.29) is 5.28 Å². The summed E-state index contributed by atoms with van der Waals surface area (Å²) >= 11 is 6.26. The maximum absolute atomic E-state index is 6.26. The van der Waals surface area contributed by atoms with Crippen LogP contribution in [0.5, 0.6) is 0 Å². The van der Waals surface area contributed by atoms with Crippen molar-refractivity contribution >= 4 is 17.5 Å². The van der Waals surface area contributed by atoms with Gasteiger partial charge in [0.05, 0.1) is 0 Å². The van der Waals surface area contributed by atoms with Gasteiger partial charge in [0.25, 0.3) is 0 Å². The molecule has 1 N–H and O–H groups in total. The molecule has 1 saturated carbocycles. The van der Waals surface area contributed by atoms with Crippen molar-refractivity contribution in [2.24, 2.45) is 0 Å². The van der Waals surface area contributed by atoms with Gasteiger partial charge >= 0.3 is 0 Å². The second-order valence-electron chi connectivity index (χ2n) is 7.33. The van der Waals surface area contributed by atoms with Gasteiger partial charge in [0, 0.05) is 11.6 Å². The number of nitrogens with zero attached hydrogens (tertiary/aromatic N) is 3. The molecular formula is C24H29ClN4. The Labute approximate surface area is 178 Å². The average Bonchev–Trinajstić information content (AvgIpc) is 2.84. The Kier molecular flexibility index (Phi) is 8.92. The van der Waals surface area contributed by atoms with Crippen LogP contribution in [0.3, 0.4) is 0 Å². The van der Waals surface area contributed by atoms with E-state index in [2.05, 4.69) is 15.3 Å². The van der Waals surface area contributed by atoms with Gasteiger partial charge in [0.2, 0.25) is 11.2 Å². The fraction of sp³-hybridized carbons (Fsp3) is 0.375. The minimum absolute atomic E-state index is 0.249. The highest BCUT2D eigenvalue weighted by atomic mass is 35.5. The van der Waals surface area contributed by atoms with Crippen LogP contribution in [-0.4, -0.2) is 15.0 Å². The third-order valence-corrected chi connectivity index (χ3v) is 5.21. The quantitative estimate of drug-likeness (QED) is 0.595. The maximum atomic E-state index is 6.26. The number of aromatic nitrogens is 3.